The summed E-state index contributed by atoms with van der Waals surface area (Å²) in [6.45, 7) is 0.502. The van der Waals surface area contributed by atoms with E-state index in [1.54, 1.807) is 0 Å². The second-order valence-corrected chi connectivity index (χ2v) is 4.76. The monoisotopic (exact) mass is 321 g/mol. The molecule has 0 unspecified atom stereocenters. The Morgan fingerprint density at radius 1 is 1.26 bits per heavy atom. The molecule has 6 heteroatoms. The highest BCUT2D eigenvalue weighted by molar-refractivity contribution is 9.10. The molecule has 5 nitrogen and oxygen atoms in total. The fourth-order valence-electron chi connectivity index (χ4n) is 1.57. The third-order valence-corrected chi connectivity index (χ3v) is 3.32. The first-order valence-electron chi connectivity index (χ1n) is 5.74. The zero-order valence-corrected chi connectivity index (χ0v) is 11.6. The number of hydrogen-bond donors (Lipinski definition) is 2. The predicted octanol–water partition coefficient (Wildman–Crippen LogP) is 1.50. The quantitative estimate of drug-likeness (QED) is 0.896. The standard InChI is InChI=1S/C13H12BrN3O2/c14-10-4-2-1-3-9(10)7-8-15-13(19)11-5-6-12(18)17-16-11/h1-6H,7-8H2,(H,15,19)(H,17,18). The van der Waals surface area contributed by atoms with Crippen LogP contribution in [0.25, 0.3) is 0 Å². The molecule has 0 fully saturated rings. The van der Waals surface area contributed by atoms with Crippen LogP contribution in [0, 0.1) is 0 Å². The number of nitrogens with one attached hydrogen (secondary N) is 2. The second-order valence-electron chi connectivity index (χ2n) is 3.90. The van der Waals surface area contributed by atoms with Gasteiger partial charge in [-0.3, -0.25) is 9.59 Å². The molecule has 98 valence electrons. The minimum absolute atomic E-state index is 0.201. The lowest BCUT2D eigenvalue weighted by Gasteiger charge is -2.06. The molecule has 0 radical (unpaired) electrons. The van der Waals surface area contributed by atoms with Crippen LogP contribution in [0.1, 0.15) is 16.1 Å². The van der Waals surface area contributed by atoms with Crippen molar-refractivity contribution in [1.29, 1.82) is 0 Å². The maximum Gasteiger partial charge on any atom is 0.271 e. The topological polar surface area (TPSA) is 74.8 Å². The molecule has 2 N–H and O–H groups in total. The summed E-state index contributed by atoms with van der Waals surface area (Å²) >= 11 is 3.45. The van der Waals surface area contributed by atoms with Gasteiger partial charge in [0.1, 0.15) is 5.69 Å². The van der Waals surface area contributed by atoms with Crippen LogP contribution in [0.2, 0.25) is 0 Å². The average Bonchev–Trinajstić information content (AvgIpc) is 2.41. The zero-order valence-electron chi connectivity index (χ0n) is 10.0. The molecule has 0 aliphatic carbocycles. The summed E-state index contributed by atoms with van der Waals surface area (Å²) in [5.74, 6) is -0.302. The van der Waals surface area contributed by atoms with Crippen LogP contribution >= 0.6 is 15.9 Å². The van der Waals surface area contributed by atoms with E-state index in [9.17, 15) is 9.59 Å². The SMILES string of the molecule is O=C(NCCc1ccccc1Br)c1ccc(=O)[nH]n1. The molecule has 0 spiro atoms. The summed E-state index contributed by atoms with van der Waals surface area (Å²) in [7, 11) is 0. The van der Waals surface area contributed by atoms with Crippen LogP contribution in [0.15, 0.2) is 45.7 Å². The molecule has 0 atom stereocenters. The second kappa shape index (κ2) is 6.29. The number of benzene rings is 1. The van der Waals surface area contributed by atoms with Crippen molar-refractivity contribution in [2.24, 2.45) is 0 Å². The van der Waals surface area contributed by atoms with Gasteiger partial charge in [-0.25, -0.2) is 5.10 Å². The molecule has 0 saturated carbocycles. The zero-order chi connectivity index (χ0) is 13.7. The Kier molecular flexibility index (Phi) is 4.46. The highest BCUT2D eigenvalue weighted by atomic mass is 79.9. The summed E-state index contributed by atoms with van der Waals surface area (Å²) in [4.78, 5) is 22.5. The normalized spacial score (nSPS) is 10.2. The summed E-state index contributed by atoms with van der Waals surface area (Å²) < 4.78 is 1.02. The van der Waals surface area contributed by atoms with Gasteiger partial charge in [0.05, 0.1) is 0 Å². The van der Waals surface area contributed by atoms with Gasteiger partial charge in [0.15, 0.2) is 0 Å². The third-order valence-electron chi connectivity index (χ3n) is 2.55. The Morgan fingerprint density at radius 3 is 2.74 bits per heavy atom. The number of amides is 1. The van der Waals surface area contributed by atoms with Crippen molar-refractivity contribution in [3.8, 4) is 0 Å². The van der Waals surface area contributed by atoms with Crippen LogP contribution in [-0.2, 0) is 6.42 Å². The summed E-state index contributed by atoms with van der Waals surface area (Å²) in [6, 6.07) is 10.5. The molecule has 1 aromatic heterocycles. The summed E-state index contributed by atoms with van der Waals surface area (Å²) in [5.41, 5.74) is 0.994. The van der Waals surface area contributed by atoms with Gasteiger partial charge in [0.25, 0.3) is 11.5 Å². The van der Waals surface area contributed by atoms with Crippen molar-refractivity contribution >= 4 is 21.8 Å². The lowest BCUT2D eigenvalue weighted by atomic mass is 10.1. The molecule has 2 rings (SSSR count). The van der Waals surface area contributed by atoms with Crippen molar-refractivity contribution in [3.05, 3.63) is 62.5 Å². The largest absolute Gasteiger partial charge is 0.350 e. The van der Waals surface area contributed by atoms with E-state index in [1.165, 1.54) is 12.1 Å². The average molecular weight is 322 g/mol. The molecular formula is C13H12BrN3O2. The van der Waals surface area contributed by atoms with E-state index < -0.39 is 0 Å². The number of carbonyl (C=O) groups is 1. The number of H-pyrrole nitrogens is 1. The third kappa shape index (κ3) is 3.75. The van der Waals surface area contributed by atoms with Crippen LogP contribution in [0.4, 0.5) is 0 Å². The van der Waals surface area contributed by atoms with Gasteiger partial charge < -0.3 is 5.32 Å². The number of aromatic nitrogens is 2. The number of carbonyl (C=O) groups excluding carboxylic acids is 1. The molecule has 2 aromatic rings. The lowest BCUT2D eigenvalue weighted by molar-refractivity contribution is 0.0948. The van der Waals surface area contributed by atoms with Crippen LogP contribution in [0.3, 0.4) is 0 Å². The van der Waals surface area contributed by atoms with E-state index in [4.69, 9.17) is 0 Å². The van der Waals surface area contributed by atoms with Gasteiger partial charge >= 0.3 is 0 Å². The Labute approximate surface area is 118 Å². The molecule has 1 amide bonds. The molecule has 1 heterocycles. The Bertz CT molecular complexity index is 619. The van der Waals surface area contributed by atoms with Gasteiger partial charge in [-0.15, -0.1) is 0 Å². The molecule has 1 aromatic carbocycles. The Balaban J connectivity index is 1.89. The first kappa shape index (κ1) is 13.5. The van der Waals surface area contributed by atoms with Gasteiger partial charge in [-0.2, -0.15) is 5.10 Å². The van der Waals surface area contributed by atoms with E-state index in [0.717, 1.165) is 16.5 Å². The first-order chi connectivity index (χ1) is 9.16. The molecule has 0 aliphatic rings. The molecule has 0 aliphatic heterocycles. The maximum absolute atomic E-state index is 11.7. The number of rotatable bonds is 4. The van der Waals surface area contributed by atoms with Gasteiger partial charge in [0, 0.05) is 17.1 Å². The number of nitrogens with zero attached hydrogens (tertiary/aromatic N) is 1. The van der Waals surface area contributed by atoms with E-state index in [2.05, 4.69) is 31.4 Å². The van der Waals surface area contributed by atoms with Gasteiger partial charge in [-0.05, 0) is 24.1 Å². The smallest absolute Gasteiger partial charge is 0.271 e. The minimum Gasteiger partial charge on any atom is -0.350 e. The predicted molar refractivity (Wildman–Crippen MR) is 75.0 cm³/mol. The summed E-state index contributed by atoms with van der Waals surface area (Å²) in [6.07, 6.45) is 0.719. The van der Waals surface area contributed by atoms with Gasteiger partial charge in [-0.1, -0.05) is 34.1 Å². The number of halogens is 1. The fourth-order valence-corrected chi connectivity index (χ4v) is 2.06. The highest BCUT2D eigenvalue weighted by Crippen LogP contribution is 2.15. The molecule has 0 bridgehead atoms. The van der Waals surface area contributed by atoms with E-state index in [0.29, 0.717) is 6.54 Å². The molecule has 0 saturated heterocycles. The molecule has 19 heavy (non-hydrogen) atoms. The van der Waals surface area contributed by atoms with E-state index in [1.807, 2.05) is 24.3 Å². The number of hydrogen-bond acceptors (Lipinski definition) is 3. The Hall–Kier alpha value is -1.95. The van der Waals surface area contributed by atoms with Crippen molar-refractivity contribution in [2.45, 2.75) is 6.42 Å². The molecular weight excluding hydrogens is 310 g/mol. The van der Waals surface area contributed by atoms with Crippen LogP contribution in [0.5, 0.6) is 0 Å². The Morgan fingerprint density at radius 2 is 2.05 bits per heavy atom. The first-order valence-corrected chi connectivity index (χ1v) is 6.53. The van der Waals surface area contributed by atoms with E-state index >= 15 is 0 Å². The van der Waals surface area contributed by atoms with Crippen LogP contribution < -0.4 is 10.9 Å². The summed E-state index contributed by atoms with van der Waals surface area (Å²) in [5, 5.41) is 8.64. The number of aromatic amines is 1. The lowest BCUT2D eigenvalue weighted by Crippen LogP contribution is -2.27. The maximum atomic E-state index is 11.7. The minimum atomic E-state index is -0.329. The van der Waals surface area contributed by atoms with E-state index in [-0.39, 0.29) is 17.2 Å². The van der Waals surface area contributed by atoms with Gasteiger partial charge in [0.2, 0.25) is 0 Å². The van der Waals surface area contributed by atoms with Crippen molar-refractivity contribution in [3.63, 3.8) is 0 Å². The van der Waals surface area contributed by atoms with Crippen LogP contribution in [-0.4, -0.2) is 22.6 Å². The fraction of sp³-hybridized carbons (Fsp3) is 0.154. The highest BCUT2D eigenvalue weighted by Gasteiger charge is 2.06. The van der Waals surface area contributed by atoms with Crippen molar-refractivity contribution < 1.29 is 4.79 Å². The van der Waals surface area contributed by atoms with Crippen molar-refractivity contribution in [1.82, 2.24) is 15.5 Å². The van der Waals surface area contributed by atoms with Crippen molar-refractivity contribution in [2.75, 3.05) is 6.54 Å².